The van der Waals surface area contributed by atoms with Crippen LogP contribution in [0.25, 0.3) is 0 Å². The van der Waals surface area contributed by atoms with Gasteiger partial charge in [0.25, 0.3) is 0 Å². The molecule has 0 fully saturated rings. The smallest absolute Gasteiger partial charge is 0.224 e. The molecular weight excluding hydrogens is 279 g/mol. The number of hydrogen-bond donors (Lipinski definition) is 2. The summed E-state index contributed by atoms with van der Waals surface area (Å²) in [6.07, 6.45) is 0.390. The molecule has 0 saturated heterocycles. The molecule has 0 atom stereocenters. The van der Waals surface area contributed by atoms with Gasteiger partial charge in [0.1, 0.15) is 0 Å². The standard InChI is InChI=1S/C10H13BrN2O.ClH/c11-9-4-2-1-3-8(9)7-10(14)13-6-5-12;/h1-4H,5-7,12H2,(H,13,14);1H. The Morgan fingerprint density at radius 1 is 1.40 bits per heavy atom. The van der Waals surface area contributed by atoms with E-state index in [1.165, 1.54) is 0 Å². The van der Waals surface area contributed by atoms with Crippen molar-refractivity contribution in [2.45, 2.75) is 6.42 Å². The second-order valence-corrected chi connectivity index (χ2v) is 3.76. The van der Waals surface area contributed by atoms with E-state index < -0.39 is 0 Å². The van der Waals surface area contributed by atoms with Crippen molar-refractivity contribution in [1.29, 1.82) is 0 Å². The van der Waals surface area contributed by atoms with Crippen molar-refractivity contribution in [2.24, 2.45) is 5.73 Å². The molecule has 0 aliphatic carbocycles. The van der Waals surface area contributed by atoms with Crippen LogP contribution in [0, 0.1) is 0 Å². The number of nitrogens with two attached hydrogens (primary N) is 1. The predicted molar refractivity (Wildman–Crippen MR) is 67.2 cm³/mol. The van der Waals surface area contributed by atoms with Gasteiger partial charge in [0.15, 0.2) is 0 Å². The van der Waals surface area contributed by atoms with Crippen LogP contribution in [0.4, 0.5) is 0 Å². The molecule has 0 bridgehead atoms. The van der Waals surface area contributed by atoms with E-state index in [2.05, 4.69) is 21.2 Å². The van der Waals surface area contributed by atoms with Crippen molar-refractivity contribution in [2.75, 3.05) is 13.1 Å². The van der Waals surface area contributed by atoms with Gasteiger partial charge in [-0.2, -0.15) is 0 Å². The van der Waals surface area contributed by atoms with Crippen molar-refractivity contribution in [3.05, 3.63) is 34.3 Å². The zero-order valence-electron chi connectivity index (χ0n) is 8.20. The van der Waals surface area contributed by atoms with Gasteiger partial charge in [-0.25, -0.2) is 0 Å². The molecule has 3 N–H and O–H groups in total. The Kier molecular flexibility index (Phi) is 7.38. The molecule has 0 aromatic heterocycles. The monoisotopic (exact) mass is 292 g/mol. The van der Waals surface area contributed by atoms with Crippen LogP contribution < -0.4 is 11.1 Å². The van der Waals surface area contributed by atoms with E-state index in [1.807, 2.05) is 24.3 Å². The Morgan fingerprint density at radius 3 is 2.67 bits per heavy atom. The number of hydrogen-bond acceptors (Lipinski definition) is 2. The topological polar surface area (TPSA) is 55.1 Å². The van der Waals surface area contributed by atoms with E-state index in [0.29, 0.717) is 19.5 Å². The third-order valence-electron chi connectivity index (χ3n) is 1.78. The zero-order valence-corrected chi connectivity index (χ0v) is 10.6. The van der Waals surface area contributed by atoms with E-state index in [-0.39, 0.29) is 18.3 Å². The summed E-state index contributed by atoms with van der Waals surface area (Å²) in [5.41, 5.74) is 6.26. The normalized spacial score (nSPS) is 9.20. The van der Waals surface area contributed by atoms with E-state index in [1.54, 1.807) is 0 Å². The third kappa shape index (κ3) is 5.16. The summed E-state index contributed by atoms with van der Waals surface area (Å²) in [4.78, 5) is 11.3. The summed E-state index contributed by atoms with van der Waals surface area (Å²) in [7, 11) is 0. The first-order chi connectivity index (χ1) is 6.74. The van der Waals surface area contributed by atoms with Crippen molar-refractivity contribution >= 4 is 34.2 Å². The lowest BCUT2D eigenvalue weighted by atomic mass is 10.1. The average Bonchev–Trinajstić information content (AvgIpc) is 2.18. The molecule has 0 saturated carbocycles. The number of halogens is 2. The molecule has 5 heteroatoms. The minimum Gasteiger partial charge on any atom is -0.355 e. The highest BCUT2D eigenvalue weighted by molar-refractivity contribution is 9.10. The van der Waals surface area contributed by atoms with Gasteiger partial charge in [-0.05, 0) is 11.6 Å². The molecule has 0 unspecified atom stereocenters. The van der Waals surface area contributed by atoms with Crippen LogP contribution in [0.2, 0.25) is 0 Å². The van der Waals surface area contributed by atoms with Gasteiger partial charge in [0, 0.05) is 17.6 Å². The first kappa shape index (κ1) is 14.4. The summed E-state index contributed by atoms with van der Waals surface area (Å²) in [6.45, 7) is 1.00. The van der Waals surface area contributed by atoms with Crippen LogP contribution >= 0.6 is 28.3 Å². The highest BCUT2D eigenvalue weighted by Gasteiger charge is 2.04. The summed E-state index contributed by atoms with van der Waals surface area (Å²) in [5, 5.41) is 2.72. The van der Waals surface area contributed by atoms with Crippen molar-refractivity contribution in [3.8, 4) is 0 Å². The molecular formula is C10H14BrClN2O. The summed E-state index contributed by atoms with van der Waals surface area (Å²) < 4.78 is 0.961. The largest absolute Gasteiger partial charge is 0.355 e. The van der Waals surface area contributed by atoms with Crippen molar-refractivity contribution in [1.82, 2.24) is 5.32 Å². The number of carbonyl (C=O) groups is 1. The molecule has 0 aliphatic rings. The van der Waals surface area contributed by atoms with Crippen LogP contribution in [0.15, 0.2) is 28.7 Å². The second-order valence-electron chi connectivity index (χ2n) is 2.91. The van der Waals surface area contributed by atoms with Gasteiger partial charge < -0.3 is 11.1 Å². The summed E-state index contributed by atoms with van der Waals surface area (Å²) >= 11 is 3.39. The fourth-order valence-corrected chi connectivity index (χ4v) is 1.51. The van der Waals surface area contributed by atoms with Crippen molar-refractivity contribution < 1.29 is 4.79 Å². The molecule has 0 aliphatic heterocycles. The van der Waals surface area contributed by atoms with E-state index in [4.69, 9.17) is 5.73 Å². The fourth-order valence-electron chi connectivity index (χ4n) is 1.09. The second kappa shape index (κ2) is 7.68. The van der Waals surface area contributed by atoms with Gasteiger partial charge in [0.2, 0.25) is 5.91 Å². The minimum absolute atomic E-state index is 0. The van der Waals surface area contributed by atoms with E-state index in [0.717, 1.165) is 10.0 Å². The maximum atomic E-state index is 11.3. The molecule has 1 aromatic carbocycles. The van der Waals surface area contributed by atoms with E-state index >= 15 is 0 Å². The molecule has 0 radical (unpaired) electrons. The maximum absolute atomic E-state index is 11.3. The molecule has 84 valence electrons. The third-order valence-corrected chi connectivity index (χ3v) is 2.55. The highest BCUT2D eigenvalue weighted by Crippen LogP contribution is 2.15. The van der Waals surface area contributed by atoms with Crippen molar-refractivity contribution in [3.63, 3.8) is 0 Å². The number of benzene rings is 1. The fraction of sp³-hybridized carbons (Fsp3) is 0.300. The predicted octanol–water partition coefficient (Wildman–Crippen LogP) is 1.49. The Morgan fingerprint density at radius 2 is 2.07 bits per heavy atom. The van der Waals surface area contributed by atoms with Crippen LogP contribution in [0.3, 0.4) is 0 Å². The van der Waals surface area contributed by atoms with Crippen LogP contribution in [-0.4, -0.2) is 19.0 Å². The summed E-state index contributed by atoms with van der Waals surface area (Å²) in [6, 6.07) is 7.68. The Balaban J connectivity index is 0.00000196. The Bertz CT molecular complexity index is 320. The van der Waals surface area contributed by atoms with Gasteiger partial charge >= 0.3 is 0 Å². The molecule has 1 aromatic rings. The van der Waals surface area contributed by atoms with Gasteiger partial charge in [-0.15, -0.1) is 12.4 Å². The van der Waals surface area contributed by atoms with Crippen LogP contribution in [-0.2, 0) is 11.2 Å². The molecule has 0 heterocycles. The SMILES string of the molecule is Cl.NCCNC(=O)Cc1ccccc1Br. The Hall–Kier alpha value is -0.580. The maximum Gasteiger partial charge on any atom is 0.224 e. The Labute approximate surface area is 104 Å². The lowest BCUT2D eigenvalue weighted by molar-refractivity contribution is -0.120. The van der Waals surface area contributed by atoms with Gasteiger partial charge in [-0.3, -0.25) is 4.79 Å². The summed E-state index contributed by atoms with van der Waals surface area (Å²) in [5.74, 6) is 0.00218. The molecule has 15 heavy (non-hydrogen) atoms. The number of carbonyl (C=O) groups excluding carboxylic acids is 1. The minimum atomic E-state index is 0. The lowest BCUT2D eigenvalue weighted by Gasteiger charge is -2.04. The molecule has 1 rings (SSSR count). The molecule has 0 spiro atoms. The molecule has 1 amide bonds. The average molecular weight is 294 g/mol. The lowest BCUT2D eigenvalue weighted by Crippen LogP contribution is -2.30. The molecule has 3 nitrogen and oxygen atoms in total. The highest BCUT2D eigenvalue weighted by atomic mass is 79.9. The first-order valence-corrected chi connectivity index (χ1v) is 5.23. The van der Waals surface area contributed by atoms with Crippen LogP contribution in [0.5, 0.6) is 0 Å². The van der Waals surface area contributed by atoms with E-state index in [9.17, 15) is 4.79 Å². The van der Waals surface area contributed by atoms with Crippen LogP contribution in [0.1, 0.15) is 5.56 Å². The first-order valence-electron chi connectivity index (χ1n) is 4.44. The number of nitrogens with one attached hydrogen (secondary N) is 1. The zero-order chi connectivity index (χ0) is 10.4. The van der Waals surface area contributed by atoms with Gasteiger partial charge in [-0.1, -0.05) is 34.1 Å². The number of rotatable bonds is 4. The van der Waals surface area contributed by atoms with Gasteiger partial charge in [0.05, 0.1) is 6.42 Å². The number of amides is 1. The quantitative estimate of drug-likeness (QED) is 0.884.